The Morgan fingerprint density at radius 2 is 2.00 bits per heavy atom. The lowest BCUT2D eigenvalue weighted by atomic mass is 10.1. The zero-order valence-corrected chi connectivity index (χ0v) is 11.9. The van der Waals surface area contributed by atoms with Crippen LogP contribution >= 0.6 is 28.3 Å². The zero-order chi connectivity index (χ0) is 11.7. The SMILES string of the molecule is Cc1ccn(C(=O)c2ccc(C)c(Br)c2)n1.Cl. The Bertz CT molecular complexity index is 551. The number of nitrogens with zero attached hydrogens (tertiary/aromatic N) is 2. The molecule has 0 saturated heterocycles. The molecular formula is C12H12BrClN2O. The minimum Gasteiger partial charge on any atom is -0.267 e. The number of hydrogen-bond donors (Lipinski definition) is 0. The van der Waals surface area contributed by atoms with Gasteiger partial charge in [-0.05, 0) is 37.6 Å². The summed E-state index contributed by atoms with van der Waals surface area (Å²) in [6.45, 7) is 3.84. The molecule has 2 rings (SSSR count). The highest BCUT2D eigenvalue weighted by Gasteiger charge is 2.10. The molecule has 3 nitrogen and oxygen atoms in total. The summed E-state index contributed by atoms with van der Waals surface area (Å²) in [5.41, 5.74) is 2.56. The predicted molar refractivity (Wildman–Crippen MR) is 72.8 cm³/mol. The highest BCUT2D eigenvalue weighted by atomic mass is 79.9. The van der Waals surface area contributed by atoms with Crippen molar-refractivity contribution in [2.24, 2.45) is 0 Å². The van der Waals surface area contributed by atoms with Gasteiger partial charge in [0.1, 0.15) is 0 Å². The van der Waals surface area contributed by atoms with Crippen molar-refractivity contribution < 1.29 is 4.79 Å². The number of rotatable bonds is 1. The molecular weight excluding hydrogens is 304 g/mol. The van der Waals surface area contributed by atoms with Crippen molar-refractivity contribution in [3.8, 4) is 0 Å². The lowest BCUT2D eigenvalue weighted by Gasteiger charge is -2.03. The maximum absolute atomic E-state index is 12.0. The van der Waals surface area contributed by atoms with Gasteiger partial charge in [0.2, 0.25) is 0 Å². The topological polar surface area (TPSA) is 34.9 Å². The standard InChI is InChI=1S/C12H11BrN2O.ClH/c1-8-3-4-10(7-11(8)13)12(16)15-6-5-9(2)14-15;/h3-7H,1-2H3;1H. The van der Waals surface area contributed by atoms with Crippen LogP contribution in [0.2, 0.25) is 0 Å². The first-order valence-corrected chi connectivity index (χ1v) is 5.70. The third-order valence-corrected chi connectivity index (χ3v) is 3.20. The smallest absolute Gasteiger partial charge is 0.267 e. The Morgan fingerprint density at radius 1 is 1.29 bits per heavy atom. The normalized spacial score (nSPS) is 9.82. The summed E-state index contributed by atoms with van der Waals surface area (Å²) in [5, 5.41) is 4.09. The molecule has 0 aliphatic carbocycles. The van der Waals surface area contributed by atoms with E-state index in [1.165, 1.54) is 4.68 Å². The molecule has 0 atom stereocenters. The van der Waals surface area contributed by atoms with E-state index in [0.717, 1.165) is 15.7 Å². The van der Waals surface area contributed by atoms with Gasteiger partial charge >= 0.3 is 0 Å². The second-order valence-corrected chi connectivity index (χ2v) is 4.53. The van der Waals surface area contributed by atoms with Crippen molar-refractivity contribution in [2.75, 3.05) is 0 Å². The maximum Gasteiger partial charge on any atom is 0.278 e. The summed E-state index contributed by atoms with van der Waals surface area (Å²) in [4.78, 5) is 12.0. The van der Waals surface area contributed by atoms with Crippen molar-refractivity contribution in [1.82, 2.24) is 9.78 Å². The Morgan fingerprint density at radius 3 is 2.53 bits per heavy atom. The lowest BCUT2D eigenvalue weighted by molar-refractivity contribution is 0.0944. The summed E-state index contributed by atoms with van der Waals surface area (Å²) in [5.74, 6) is -0.117. The number of carbonyl (C=O) groups is 1. The number of benzene rings is 1. The van der Waals surface area contributed by atoms with Crippen LogP contribution in [0.4, 0.5) is 0 Å². The van der Waals surface area contributed by atoms with Crippen LogP contribution in [0.1, 0.15) is 21.6 Å². The first-order valence-electron chi connectivity index (χ1n) is 4.91. The molecule has 5 heteroatoms. The highest BCUT2D eigenvalue weighted by molar-refractivity contribution is 9.10. The summed E-state index contributed by atoms with van der Waals surface area (Å²) >= 11 is 3.41. The Labute approximate surface area is 114 Å². The fourth-order valence-electron chi connectivity index (χ4n) is 1.39. The Hall–Kier alpha value is -1.13. The van der Waals surface area contributed by atoms with Crippen molar-refractivity contribution >= 4 is 34.2 Å². The van der Waals surface area contributed by atoms with Crippen LogP contribution < -0.4 is 0 Å². The molecule has 0 saturated carbocycles. The molecule has 0 amide bonds. The van der Waals surface area contributed by atoms with E-state index < -0.39 is 0 Å². The van der Waals surface area contributed by atoms with Crippen LogP contribution in [0.3, 0.4) is 0 Å². The third-order valence-electron chi connectivity index (χ3n) is 2.35. The number of hydrogen-bond acceptors (Lipinski definition) is 2. The predicted octanol–water partition coefficient (Wildman–Crippen LogP) is 3.37. The van der Waals surface area contributed by atoms with Gasteiger partial charge < -0.3 is 0 Å². The zero-order valence-electron chi connectivity index (χ0n) is 9.48. The third kappa shape index (κ3) is 2.96. The number of halogens is 2. The van der Waals surface area contributed by atoms with E-state index in [-0.39, 0.29) is 18.3 Å². The molecule has 0 bridgehead atoms. The molecule has 1 heterocycles. The molecule has 0 N–H and O–H groups in total. The largest absolute Gasteiger partial charge is 0.278 e. The summed E-state index contributed by atoms with van der Waals surface area (Å²) in [6, 6.07) is 7.34. The summed E-state index contributed by atoms with van der Waals surface area (Å²) < 4.78 is 2.29. The van der Waals surface area contributed by atoms with Crippen molar-refractivity contribution in [3.05, 3.63) is 51.8 Å². The molecule has 0 unspecified atom stereocenters. The van der Waals surface area contributed by atoms with Gasteiger partial charge in [0.05, 0.1) is 5.69 Å². The van der Waals surface area contributed by atoms with E-state index in [4.69, 9.17) is 0 Å². The average molecular weight is 316 g/mol. The van der Waals surface area contributed by atoms with Crippen molar-refractivity contribution in [2.45, 2.75) is 13.8 Å². The molecule has 0 aliphatic rings. The summed E-state index contributed by atoms with van der Waals surface area (Å²) in [6.07, 6.45) is 1.67. The van der Waals surface area contributed by atoms with Crippen LogP contribution in [-0.4, -0.2) is 15.7 Å². The minimum atomic E-state index is -0.117. The molecule has 17 heavy (non-hydrogen) atoms. The van der Waals surface area contributed by atoms with Crippen LogP contribution in [0.15, 0.2) is 34.9 Å². The van der Waals surface area contributed by atoms with Crippen LogP contribution in [0.5, 0.6) is 0 Å². The quantitative estimate of drug-likeness (QED) is 0.808. The van der Waals surface area contributed by atoms with E-state index in [1.807, 2.05) is 26.0 Å². The second-order valence-electron chi connectivity index (χ2n) is 3.67. The molecule has 0 aliphatic heterocycles. The van der Waals surface area contributed by atoms with Gasteiger partial charge in [0.15, 0.2) is 0 Å². The molecule has 1 aromatic heterocycles. The van der Waals surface area contributed by atoms with E-state index in [2.05, 4.69) is 21.0 Å². The van der Waals surface area contributed by atoms with Gasteiger partial charge in [-0.2, -0.15) is 5.10 Å². The highest BCUT2D eigenvalue weighted by Crippen LogP contribution is 2.18. The number of aryl methyl sites for hydroxylation is 2. The summed E-state index contributed by atoms with van der Waals surface area (Å²) in [7, 11) is 0. The first kappa shape index (κ1) is 13.9. The Balaban J connectivity index is 0.00000144. The number of carbonyl (C=O) groups excluding carboxylic acids is 1. The molecule has 0 spiro atoms. The van der Waals surface area contributed by atoms with Crippen LogP contribution in [0, 0.1) is 13.8 Å². The molecule has 0 fully saturated rings. The average Bonchev–Trinajstić information content (AvgIpc) is 2.68. The van der Waals surface area contributed by atoms with Crippen molar-refractivity contribution in [3.63, 3.8) is 0 Å². The molecule has 1 aromatic carbocycles. The van der Waals surface area contributed by atoms with E-state index in [1.54, 1.807) is 18.3 Å². The van der Waals surface area contributed by atoms with Crippen LogP contribution in [0.25, 0.3) is 0 Å². The first-order chi connectivity index (χ1) is 7.58. The maximum atomic E-state index is 12.0. The fraction of sp³-hybridized carbons (Fsp3) is 0.167. The van der Waals surface area contributed by atoms with E-state index in [0.29, 0.717) is 5.56 Å². The van der Waals surface area contributed by atoms with Crippen LogP contribution in [-0.2, 0) is 0 Å². The van der Waals surface area contributed by atoms with E-state index in [9.17, 15) is 4.79 Å². The lowest BCUT2D eigenvalue weighted by Crippen LogP contribution is -2.12. The van der Waals surface area contributed by atoms with Gasteiger partial charge in [-0.3, -0.25) is 4.79 Å². The molecule has 2 aromatic rings. The molecule has 90 valence electrons. The van der Waals surface area contributed by atoms with Gasteiger partial charge in [-0.25, -0.2) is 4.68 Å². The fourth-order valence-corrected chi connectivity index (χ4v) is 1.77. The second kappa shape index (κ2) is 5.47. The monoisotopic (exact) mass is 314 g/mol. The Kier molecular flexibility index (Phi) is 4.48. The van der Waals surface area contributed by atoms with E-state index >= 15 is 0 Å². The van der Waals surface area contributed by atoms with Gasteiger partial charge in [0.25, 0.3) is 5.91 Å². The van der Waals surface area contributed by atoms with Gasteiger partial charge in [0, 0.05) is 16.2 Å². The van der Waals surface area contributed by atoms with Crippen molar-refractivity contribution in [1.29, 1.82) is 0 Å². The van der Waals surface area contributed by atoms with Gasteiger partial charge in [-0.15, -0.1) is 12.4 Å². The minimum absolute atomic E-state index is 0. The number of aromatic nitrogens is 2. The van der Waals surface area contributed by atoms with Gasteiger partial charge in [-0.1, -0.05) is 22.0 Å². The molecule has 0 radical (unpaired) electrons.